The van der Waals surface area contributed by atoms with Crippen molar-refractivity contribution in [1.82, 2.24) is 0 Å². The summed E-state index contributed by atoms with van der Waals surface area (Å²) in [7, 11) is 1.40. The van der Waals surface area contributed by atoms with Crippen LogP contribution in [0.4, 0.5) is 4.39 Å². The van der Waals surface area contributed by atoms with Gasteiger partial charge in [0, 0.05) is 8.95 Å². The molecule has 0 spiro atoms. The predicted octanol–water partition coefficient (Wildman–Crippen LogP) is 4.44. The van der Waals surface area contributed by atoms with Gasteiger partial charge in [-0.05, 0) is 67.3 Å². The summed E-state index contributed by atoms with van der Waals surface area (Å²) in [6, 6.07) is 9.81. The van der Waals surface area contributed by atoms with E-state index < -0.39 is 11.9 Å². The van der Waals surface area contributed by atoms with Crippen LogP contribution >= 0.6 is 31.9 Å². The van der Waals surface area contributed by atoms with Gasteiger partial charge in [-0.3, -0.25) is 0 Å². The van der Waals surface area contributed by atoms with Crippen molar-refractivity contribution in [1.29, 1.82) is 0 Å². The number of rotatable bonds is 3. The van der Waals surface area contributed by atoms with E-state index in [1.54, 1.807) is 18.2 Å². The van der Waals surface area contributed by atoms with E-state index >= 15 is 0 Å². The van der Waals surface area contributed by atoms with Crippen molar-refractivity contribution in [3.63, 3.8) is 0 Å². The van der Waals surface area contributed by atoms with Crippen LogP contribution in [0.25, 0.3) is 0 Å². The van der Waals surface area contributed by atoms with Gasteiger partial charge in [0.25, 0.3) is 0 Å². The van der Waals surface area contributed by atoms with E-state index in [4.69, 9.17) is 4.74 Å². The molecule has 1 unspecified atom stereocenters. The standard InChI is InChI=1S/C14H11Br2FO2/c1-19-13-5-3-9(7-12(13)17)14(18)8-2-4-10(15)11(16)6-8/h2-7,14,18H,1H3. The van der Waals surface area contributed by atoms with Crippen LogP contribution in [0.2, 0.25) is 0 Å². The van der Waals surface area contributed by atoms with E-state index in [-0.39, 0.29) is 5.75 Å². The highest BCUT2D eigenvalue weighted by Gasteiger charge is 2.14. The van der Waals surface area contributed by atoms with Gasteiger partial charge < -0.3 is 9.84 Å². The van der Waals surface area contributed by atoms with Gasteiger partial charge in [0.15, 0.2) is 11.6 Å². The Morgan fingerprint density at radius 2 is 1.68 bits per heavy atom. The average molecular weight is 390 g/mol. The first kappa shape index (κ1) is 14.5. The zero-order chi connectivity index (χ0) is 14.0. The molecular weight excluding hydrogens is 379 g/mol. The van der Waals surface area contributed by atoms with Gasteiger partial charge in [-0.2, -0.15) is 0 Å². The van der Waals surface area contributed by atoms with Crippen molar-refractivity contribution < 1.29 is 14.2 Å². The lowest BCUT2D eigenvalue weighted by Gasteiger charge is -2.13. The minimum absolute atomic E-state index is 0.160. The van der Waals surface area contributed by atoms with Crippen LogP contribution in [-0.2, 0) is 0 Å². The number of benzene rings is 2. The number of hydrogen-bond donors (Lipinski definition) is 1. The first-order valence-corrected chi connectivity index (χ1v) is 7.08. The molecule has 1 N–H and O–H groups in total. The second kappa shape index (κ2) is 6.03. The van der Waals surface area contributed by atoms with Crippen LogP contribution in [0.15, 0.2) is 45.3 Å². The Hall–Kier alpha value is -0.910. The maximum Gasteiger partial charge on any atom is 0.165 e. The van der Waals surface area contributed by atoms with Crippen molar-refractivity contribution in [2.24, 2.45) is 0 Å². The molecule has 2 aromatic rings. The Kier molecular flexibility index (Phi) is 4.60. The molecule has 0 aliphatic carbocycles. The summed E-state index contributed by atoms with van der Waals surface area (Å²) in [6.07, 6.45) is -0.884. The fourth-order valence-corrected chi connectivity index (χ4v) is 2.37. The fraction of sp³-hybridized carbons (Fsp3) is 0.143. The molecule has 0 fully saturated rings. The number of halogens is 3. The number of hydrogen-bond acceptors (Lipinski definition) is 2. The molecule has 19 heavy (non-hydrogen) atoms. The first-order chi connectivity index (χ1) is 9.02. The second-order valence-electron chi connectivity index (χ2n) is 3.97. The molecule has 0 heterocycles. The summed E-state index contributed by atoms with van der Waals surface area (Å²) < 4.78 is 20.2. The summed E-state index contributed by atoms with van der Waals surface area (Å²) in [6.45, 7) is 0. The van der Waals surface area contributed by atoms with E-state index in [2.05, 4.69) is 31.9 Å². The quantitative estimate of drug-likeness (QED) is 0.840. The largest absolute Gasteiger partial charge is 0.494 e. The van der Waals surface area contributed by atoms with Gasteiger partial charge in [-0.15, -0.1) is 0 Å². The normalized spacial score (nSPS) is 12.3. The Balaban J connectivity index is 2.35. The third-order valence-corrected chi connectivity index (χ3v) is 4.63. The molecule has 0 radical (unpaired) electrons. The highest BCUT2D eigenvalue weighted by atomic mass is 79.9. The van der Waals surface area contributed by atoms with E-state index in [0.29, 0.717) is 11.1 Å². The summed E-state index contributed by atoms with van der Waals surface area (Å²) >= 11 is 6.73. The average Bonchev–Trinajstić information content (AvgIpc) is 2.41. The van der Waals surface area contributed by atoms with Crippen LogP contribution in [0.3, 0.4) is 0 Å². The molecule has 0 saturated heterocycles. The molecule has 2 nitrogen and oxygen atoms in total. The molecule has 0 aliphatic heterocycles. The van der Waals surface area contributed by atoms with E-state index in [1.807, 2.05) is 6.07 Å². The highest BCUT2D eigenvalue weighted by Crippen LogP contribution is 2.30. The van der Waals surface area contributed by atoms with Gasteiger partial charge in [0.1, 0.15) is 6.10 Å². The molecule has 100 valence electrons. The van der Waals surface area contributed by atoms with Crippen LogP contribution in [0.5, 0.6) is 5.75 Å². The molecule has 0 amide bonds. The van der Waals surface area contributed by atoms with Gasteiger partial charge in [0.2, 0.25) is 0 Å². The van der Waals surface area contributed by atoms with Crippen LogP contribution in [0.1, 0.15) is 17.2 Å². The summed E-state index contributed by atoms with van der Waals surface area (Å²) in [5, 5.41) is 10.3. The number of aliphatic hydroxyl groups is 1. The smallest absolute Gasteiger partial charge is 0.165 e. The first-order valence-electron chi connectivity index (χ1n) is 5.49. The van der Waals surface area contributed by atoms with Gasteiger partial charge >= 0.3 is 0 Å². The minimum atomic E-state index is -0.884. The van der Waals surface area contributed by atoms with Crippen LogP contribution in [0, 0.1) is 5.82 Å². The molecular formula is C14H11Br2FO2. The van der Waals surface area contributed by atoms with Crippen molar-refractivity contribution in [2.45, 2.75) is 6.10 Å². The summed E-state index contributed by atoms with van der Waals surface area (Å²) in [5.41, 5.74) is 1.16. The predicted molar refractivity (Wildman–Crippen MR) is 78.9 cm³/mol. The lowest BCUT2D eigenvalue weighted by atomic mass is 10.0. The molecule has 0 saturated carbocycles. The number of methoxy groups -OCH3 is 1. The van der Waals surface area contributed by atoms with E-state index in [0.717, 1.165) is 8.95 Å². The summed E-state index contributed by atoms with van der Waals surface area (Å²) in [4.78, 5) is 0. The SMILES string of the molecule is COc1ccc(C(O)c2ccc(Br)c(Br)c2)cc1F. The molecule has 5 heteroatoms. The second-order valence-corrected chi connectivity index (χ2v) is 5.68. The summed E-state index contributed by atoms with van der Waals surface area (Å²) in [5.74, 6) is -0.330. The van der Waals surface area contributed by atoms with Crippen molar-refractivity contribution in [3.8, 4) is 5.75 Å². The van der Waals surface area contributed by atoms with Crippen LogP contribution in [-0.4, -0.2) is 12.2 Å². The zero-order valence-electron chi connectivity index (χ0n) is 10.0. The fourth-order valence-electron chi connectivity index (χ4n) is 1.73. The molecule has 2 rings (SSSR count). The molecule has 1 atom stereocenters. The Morgan fingerprint density at radius 1 is 1.05 bits per heavy atom. The number of ether oxygens (including phenoxy) is 1. The highest BCUT2D eigenvalue weighted by molar-refractivity contribution is 9.13. The van der Waals surface area contributed by atoms with Gasteiger partial charge in [0.05, 0.1) is 7.11 Å². The lowest BCUT2D eigenvalue weighted by Crippen LogP contribution is -2.01. The van der Waals surface area contributed by atoms with Gasteiger partial charge in [-0.25, -0.2) is 4.39 Å². The molecule has 0 bridgehead atoms. The Labute approximate surface area is 127 Å². The van der Waals surface area contributed by atoms with E-state index in [9.17, 15) is 9.50 Å². The van der Waals surface area contributed by atoms with Crippen LogP contribution < -0.4 is 4.74 Å². The van der Waals surface area contributed by atoms with Gasteiger partial charge in [-0.1, -0.05) is 12.1 Å². The zero-order valence-corrected chi connectivity index (χ0v) is 13.2. The third-order valence-electron chi connectivity index (χ3n) is 2.75. The van der Waals surface area contributed by atoms with Crippen molar-refractivity contribution in [3.05, 3.63) is 62.3 Å². The third kappa shape index (κ3) is 3.16. The Bertz CT molecular complexity index is 602. The van der Waals surface area contributed by atoms with Crippen molar-refractivity contribution >= 4 is 31.9 Å². The van der Waals surface area contributed by atoms with Crippen molar-refractivity contribution in [2.75, 3.05) is 7.11 Å². The maximum absolute atomic E-state index is 13.6. The Morgan fingerprint density at radius 3 is 2.26 bits per heavy atom. The molecule has 0 aromatic heterocycles. The lowest BCUT2D eigenvalue weighted by molar-refractivity contribution is 0.219. The monoisotopic (exact) mass is 388 g/mol. The molecule has 0 aliphatic rings. The van der Waals surface area contributed by atoms with E-state index in [1.165, 1.54) is 19.2 Å². The molecule has 2 aromatic carbocycles. The maximum atomic E-state index is 13.6. The minimum Gasteiger partial charge on any atom is -0.494 e. The number of aliphatic hydroxyl groups excluding tert-OH is 1. The topological polar surface area (TPSA) is 29.5 Å².